The SMILES string of the molecule is Cc1ccc(C(=O)O)c(-c2cccc3cnccc23)c1. The van der Waals surface area contributed by atoms with E-state index in [0.717, 1.165) is 27.5 Å². The van der Waals surface area contributed by atoms with Crippen LogP contribution in [0.2, 0.25) is 0 Å². The van der Waals surface area contributed by atoms with Crippen molar-refractivity contribution in [1.29, 1.82) is 0 Å². The Morgan fingerprint density at radius 3 is 2.75 bits per heavy atom. The number of nitrogens with zero attached hydrogens (tertiary/aromatic N) is 1. The Morgan fingerprint density at radius 2 is 1.95 bits per heavy atom. The number of aromatic nitrogens is 1. The molecule has 0 aliphatic rings. The van der Waals surface area contributed by atoms with Crippen LogP contribution in [0.1, 0.15) is 15.9 Å². The summed E-state index contributed by atoms with van der Waals surface area (Å²) in [5.74, 6) is -0.911. The molecule has 0 bridgehead atoms. The van der Waals surface area contributed by atoms with Gasteiger partial charge in [-0.05, 0) is 35.6 Å². The maximum absolute atomic E-state index is 11.4. The zero-order valence-electron chi connectivity index (χ0n) is 11.0. The number of aromatic carboxylic acids is 1. The fourth-order valence-electron chi connectivity index (χ4n) is 2.42. The Balaban J connectivity index is 2.36. The average molecular weight is 263 g/mol. The van der Waals surface area contributed by atoms with E-state index in [1.54, 1.807) is 18.5 Å². The standard InChI is InChI=1S/C17H13NO2/c1-11-5-6-15(17(19)20)16(9-11)14-4-2-3-12-10-18-8-7-13(12)14/h2-10H,1H3,(H,19,20). The summed E-state index contributed by atoms with van der Waals surface area (Å²) in [5.41, 5.74) is 3.02. The van der Waals surface area contributed by atoms with Crippen molar-refractivity contribution in [3.8, 4) is 11.1 Å². The van der Waals surface area contributed by atoms with Crippen molar-refractivity contribution in [2.45, 2.75) is 6.92 Å². The predicted octanol–water partition coefficient (Wildman–Crippen LogP) is 3.91. The first-order chi connectivity index (χ1) is 9.66. The maximum atomic E-state index is 11.4. The van der Waals surface area contributed by atoms with Crippen molar-refractivity contribution in [1.82, 2.24) is 4.98 Å². The summed E-state index contributed by atoms with van der Waals surface area (Å²) in [6, 6.07) is 13.2. The van der Waals surface area contributed by atoms with Crippen molar-refractivity contribution < 1.29 is 9.90 Å². The van der Waals surface area contributed by atoms with Crippen LogP contribution in [0.15, 0.2) is 54.9 Å². The molecule has 0 saturated heterocycles. The van der Waals surface area contributed by atoms with Gasteiger partial charge in [-0.1, -0.05) is 35.9 Å². The molecule has 1 N–H and O–H groups in total. The first-order valence-electron chi connectivity index (χ1n) is 6.34. The van der Waals surface area contributed by atoms with Gasteiger partial charge in [0.1, 0.15) is 0 Å². The molecule has 0 atom stereocenters. The fraction of sp³-hybridized carbons (Fsp3) is 0.0588. The fourth-order valence-corrected chi connectivity index (χ4v) is 2.42. The lowest BCUT2D eigenvalue weighted by Gasteiger charge is -2.10. The van der Waals surface area contributed by atoms with Gasteiger partial charge in [-0.25, -0.2) is 4.79 Å². The second-order valence-electron chi connectivity index (χ2n) is 4.76. The lowest BCUT2D eigenvalue weighted by Crippen LogP contribution is -2.00. The third kappa shape index (κ3) is 2.03. The lowest BCUT2D eigenvalue weighted by molar-refractivity contribution is 0.0698. The molecule has 20 heavy (non-hydrogen) atoms. The zero-order chi connectivity index (χ0) is 14.1. The molecule has 3 aromatic rings. The van der Waals surface area contributed by atoms with Crippen LogP contribution in [0, 0.1) is 6.92 Å². The minimum atomic E-state index is -0.911. The molecule has 0 radical (unpaired) electrons. The van der Waals surface area contributed by atoms with Crippen LogP contribution in [-0.2, 0) is 0 Å². The first kappa shape index (κ1) is 12.4. The minimum absolute atomic E-state index is 0.319. The van der Waals surface area contributed by atoms with Crippen LogP contribution < -0.4 is 0 Å². The molecule has 3 nitrogen and oxygen atoms in total. The normalized spacial score (nSPS) is 10.7. The van der Waals surface area contributed by atoms with Crippen molar-refractivity contribution in [3.05, 3.63) is 66.0 Å². The molecule has 0 aliphatic carbocycles. The third-order valence-electron chi connectivity index (χ3n) is 3.38. The molecule has 3 rings (SSSR count). The Labute approximate surface area is 116 Å². The maximum Gasteiger partial charge on any atom is 0.336 e. The summed E-state index contributed by atoms with van der Waals surface area (Å²) >= 11 is 0. The topological polar surface area (TPSA) is 50.2 Å². The summed E-state index contributed by atoms with van der Waals surface area (Å²) in [6.45, 7) is 1.96. The van der Waals surface area contributed by atoms with Gasteiger partial charge in [0, 0.05) is 17.8 Å². The molecule has 0 spiro atoms. The number of carboxylic acids is 1. The Hall–Kier alpha value is -2.68. The summed E-state index contributed by atoms with van der Waals surface area (Å²) in [7, 11) is 0. The lowest BCUT2D eigenvalue weighted by atomic mass is 9.94. The highest BCUT2D eigenvalue weighted by Gasteiger charge is 2.13. The smallest absolute Gasteiger partial charge is 0.336 e. The molecule has 98 valence electrons. The van der Waals surface area contributed by atoms with E-state index in [1.165, 1.54) is 0 Å². The van der Waals surface area contributed by atoms with Crippen molar-refractivity contribution >= 4 is 16.7 Å². The molecule has 3 heteroatoms. The molecule has 1 heterocycles. The van der Waals surface area contributed by atoms with E-state index < -0.39 is 5.97 Å². The predicted molar refractivity (Wildman–Crippen MR) is 78.9 cm³/mol. The van der Waals surface area contributed by atoms with Crippen LogP contribution >= 0.6 is 0 Å². The molecule has 0 unspecified atom stereocenters. The third-order valence-corrected chi connectivity index (χ3v) is 3.38. The number of carboxylic acid groups (broad SMARTS) is 1. The number of hydrogen-bond acceptors (Lipinski definition) is 2. The molecule has 0 fully saturated rings. The molecular formula is C17H13NO2. The van der Waals surface area contributed by atoms with E-state index in [2.05, 4.69) is 4.98 Å². The Morgan fingerprint density at radius 1 is 1.10 bits per heavy atom. The summed E-state index contributed by atoms with van der Waals surface area (Å²) in [4.78, 5) is 15.5. The Kier molecular flexibility index (Phi) is 2.95. The van der Waals surface area contributed by atoms with Crippen LogP contribution in [0.4, 0.5) is 0 Å². The summed E-state index contributed by atoms with van der Waals surface area (Å²) in [5, 5.41) is 11.4. The van der Waals surface area contributed by atoms with Crippen molar-refractivity contribution in [2.75, 3.05) is 0 Å². The minimum Gasteiger partial charge on any atom is -0.478 e. The first-order valence-corrected chi connectivity index (χ1v) is 6.34. The molecule has 0 amide bonds. The number of pyridine rings is 1. The van der Waals surface area contributed by atoms with E-state index in [-0.39, 0.29) is 0 Å². The van der Waals surface area contributed by atoms with Gasteiger partial charge in [0.2, 0.25) is 0 Å². The summed E-state index contributed by atoms with van der Waals surface area (Å²) in [6.07, 6.45) is 3.51. The highest BCUT2D eigenvalue weighted by Crippen LogP contribution is 2.31. The van der Waals surface area contributed by atoms with Gasteiger partial charge in [0.25, 0.3) is 0 Å². The largest absolute Gasteiger partial charge is 0.478 e. The van der Waals surface area contributed by atoms with Gasteiger partial charge in [-0.3, -0.25) is 4.98 Å². The van der Waals surface area contributed by atoms with Gasteiger partial charge in [0.15, 0.2) is 0 Å². The molecule has 0 aliphatic heterocycles. The van der Waals surface area contributed by atoms with Gasteiger partial charge in [-0.15, -0.1) is 0 Å². The van der Waals surface area contributed by atoms with E-state index in [9.17, 15) is 9.90 Å². The van der Waals surface area contributed by atoms with Crippen LogP contribution in [0.3, 0.4) is 0 Å². The number of benzene rings is 2. The number of aryl methyl sites for hydroxylation is 1. The molecule has 0 saturated carbocycles. The number of rotatable bonds is 2. The molecule has 1 aromatic heterocycles. The van der Waals surface area contributed by atoms with Gasteiger partial charge < -0.3 is 5.11 Å². The van der Waals surface area contributed by atoms with Crippen LogP contribution in [-0.4, -0.2) is 16.1 Å². The number of carbonyl (C=O) groups is 1. The van der Waals surface area contributed by atoms with E-state index >= 15 is 0 Å². The van der Waals surface area contributed by atoms with Gasteiger partial charge in [-0.2, -0.15) is 0 Å². The molecule has 2 aromatic carbocycles. The number of hydrogen-bond donors (Lipinski definition) is 1. The van der Waals surface area contributed by atoms with Gasteiger partial charge in [0.05, 0.1) is 5.56 Å². The van der Waals surface area contributed by atoms with Crippen molar-refractivity contribution in [2.24, 2.45) is 0 Å². The quantitative estimate of drug-likeness (QED) is 0.762. The number of fused-ring (bicyclic) bond motifs is 1. The second-order valence-corrected chi connectivity index (χ2v) is 4.76. The van der Waals surface area contributed by atoms with E-state index in [0.29, 0.717) is 5.56 Å². The Bertz CT molecular complexity index is 804. The molecular weight excluding hydrogens is 250 g/mol. The second kappa shape index (κ2) is 4.78. The van der Waals surface area contributed by atoms with Crippen LogP contribution in [0.25, 0.3) is 21.9 Å². The van der Waals surface area contributed by atoms with Crippen LogP contribution in [0.5, 0.6) is 0 Å². The van der Waals surface area contributed by atoms with Crippen molar-refractivity contribution in [3.63, 3.8) is 0 Å². The van der Waals surface area contributed by atoms with E-state index in [4.69, 9.17) is 0 Å². The summed E-state index contributed by atoms with van der Waals surface area (Å²) < 4.78 is 0. The zero-order valence-corrected chi connectivity index (χ0v) is 11.0. The average Bonchev–Trinajstić information content (AvgIpc) is 2.46. The van der Waals surface area contributed by atoms with E-state index in [1.807, 2.05) is 43.3 Å². The highest BCUT2D eigenvalue weighted by molar-refractivity contribution is 6.03. The van der Waals surface area contributed by atoms with Gasteiger partial charge >= 0.3 is 5.97 Å². The highest BCUT2D eigenvalue weighted by atomic mass is 16.4. The monoisotopic (exact) mass is 263 g/mol.